The number of rotatable bonds is 2. The van der Waals surface area contributed by atoms with Gasteiger partial charge in [0.1, 0.15) is 12.1 Å². The summed E-state index contributed by atoms with van der Waals surface area (Å²) in [6.45, 7) is 0.722. The zero-order valence-electron chi connectivity index (χ0n) is 9.37. The average Bonchev–Trinajstić information content (AvgIpc) is 2.39. The molecule has 3 aromatic rings. The lowest BCUT2D eigenvalue weighted by Gasteiger charge is -2.03. The first kappa shape index (κ1) is 10.2. The molecule has 0 aliphatic heterocycles. The van der Waals surface area contributed by atoms with Gasteiger partial charge in [0.2, 0.25) is 5.52 Å². The molecular weight excluding hydrogens is 212 g/mol. The number of hydrogen-bond donors (Lipinski definition) is 1. The molecule has 0 fully saturated rings. The van der Waals surface area contributed by atoms with Crippen molar-refractivity contribution in [1.82, 2.24) is 4.98 Å². The van der Waals surface area contributed by atoms with Crippen LogP contribution in [0.2, 0.25) is 0 Å². The highest BCUT2D eigenvalue weighted by molar-refractivity contribution is 6.02. The second-order valence-electron chi connectivity index (χ2n) is 4.00. The molecule has 3 nitrogen and oxygen atoms in total. The highest BCUT2D eigenvalue weighted by Gasteiger charge is 2.12. The summed E-state index contributed by atoms with van der Waals surface area (Å²) in [4.78, 5) is 4.37. The molecule has 2 heterocycles. The zero-order valence-corrected chi connectivity index (χ0v) is 9.37. The topological polar surface area (TPSA) is 37.0 Å². The first-order valence-corrected chi connectivity index (χ1v) is 5.67. The number of benzene rings is 1. The Bertz CT molecular complexity index is 679. The number of pyridine rings is 2. The summed E-state index contributed by atoms with van der Waals surface area (Å²) in [6.07, 6.45) is 3.79. The third-order valence-electron chi connectivity index (χ3n) is 2.96. The summed E-state index contributed by atoms with van der Waals surface area (Å²) in [6, 6.07) is 12.2. The SMILES string of the molecule is OCC[n+]1cc2ncccc2c2ccccc21. The van der Waals surface area contributed by atoms with Crippen molar-refractivity contribution in [3.05, 3.63) is 48.8 Å². The van der Waals surface area contributed by atoms with Gasteiger partial charge in [-0.1, -0.05) is 18.2 Å². The minimum atomic E-state index is 0.132. The van der Waals surface area contributed by atoms with Gasteiger partial charge in [-0.15, -0.1) is 0 Å². The molecule has 1 aromatic carbocycles. The molecule has 3 rings (SSSR count). The second kappa shape index (κ2) is 4.11. The van der Waals surface area contributed by atoms with Crippen molar-refractivity contribution >= 4 is 21.8 Å². The molecular formula is C14H13N2O+. The van der Waals surface area contributed by atoms with E-state index in [9.17, 15) is 0 Å². The first-order valence-electron chi connectivity index (χ1n) is 5.67. The Balaban J connectivity index is 2.45. The van der Waals surface area contributed by atoms with Gasteiger partial charge in [-0.25, -0.2) is 4.98 Å². The van der Waals surface area contributed by atoms with Crippen molar-refractivity contribution in [1.29, 1.82) is 0 Å². The summed E-state index contributed by atoms with van der Waals surface area (Å²) < 4.78 is 2.05. The molecule has 0 saturated carbocycles. The van der Waals surface area contributed by atoms with Crippen molar-refractivity contribution in [3.8, 4) is 0 Å². The molecule has 0 aliphatic carbocycles. The minimum Gasteiger partial charge on any atom is -0.390 e. The van der Waals surface area contributed by atoms with E-state index in [-0.39, 0.29) is 6.61 Å². The van der Waals surface area contributed by atoms with Crippen molar-refractivity contribution in [2.45, 2.75) is 6.54 Å². The summed E-state index contributed by atoms with van der Waals surface area (Å²) in [5.74, 6) is 0. The Kier molecular flexibility index (Phi) is 2.46. The predicted molar refractivity (Wildman–Crippen MR) is 66.5 cm³/mol. The molecule has 2 aromatic heterocycles. The van der Waals surface area contributed by atoms with Gasteiger partial charge >= 0.3 is 0 Å². The van der Waals surface area contributed by atoms with Crippen LogP contribution in [0.3, 0.4) is 0 Å². The fraction of sp³-hybridized carbons (Fsp3) is 0.143. The number of aliphatic hydroxyl groups excluding tert-OH is 1. The molecule has 17 heavy (non-hydrogen) atoms. The van der Waals surface area contributed by atoms with Crippen LogP contribution < -0.4 is 4.57 Å². The number of nitrogens with zero attached hydrogens (tertiary/aromatic N) is 2. The van der Waals surface area contributed by atoms with Crippen molar-refractivity contribution in [2.24, 2.45) is 0 Å². The molecule has 0 aliphatic rings. The largest absolute Gasteiger partial charge is 0.390 e. The van der Waals surface area contributed by atoms with Gasteiger partial charge in [0.05, 0.1) is 5.39 Å². The molecule has 3 heteroatoms. The van der Waals surface area contributed by atoms with Crippen molar-refractivity contribution < 1.29 is 9.67 Å². The van der Waals surface area contributed by atoms with Gasteiger partial charge in [-0.05, 0) is 12.1 Å². The van der Waals surface area contributed by atoms with Crippen LogP contribution in [-0.2, 0) is 6.54 Å². The van der Waals surface area contributed by atoms with Crippen molar-refractivity contribution in [2.75, 3.05) is 6.61 Å². The minimum absolute atomic E-state index is 0.132. The standard InChI is InChI=1S/C14H13N2O/c17-9-8-16-10-13-11(5-3-7-15-13)12-4-1-2-6-14(12)16/h1-7,10,17H,8-9H2/q+1. The molecule has 0 spiro atoms. The molecule has 0 radical (unpaired) electrons. The van der Waals surface area contributed by atoms with Gasteiger partial charge in [-0.3, -0.25) is 0 Å². The quantitative estimate of drug-likeness (QED) is 0.532. The van der Waals surface area contributed by atoms with Gasteiger partial charge < -0.3 is 5.11 Å². The molecule has 0 atom stereocenters. The normalized spacial score (nSPS) is 11.1. The number of aromatic nitrogens is 2. The van der Waals surface area contributed by atoms with E-state index < -0.39 is 0 Å². The maximum Gasteiger partial charge on any atom is 0.213 e. The Labute approximate surface area is 99.0 Å². The van der Waals surface area contributed by atoms with Crippen LogP contribution in [0.25, 0.3) is 21.8 Å². The molecule has 0 saturated heterocycles. The maximum absolute atomic E-state index is 9.11. The van der Waals surface area contributed by atoms with Crippen LogP contribution in [0.4, 0.5) is 0 Å². The van der Waals surface area contributed by atoms with Crippen LogP contribution in [-0.4, -0.2) is 16.7 Å². The Hall–Kier alpha value is -2.00. The monoisotopic (exact) mass is 225 g/mol. The van der Waals surface area contributed by atoms with E-state index in [1.807, 2.05) is 29.0 Å². The Morgan fingerprint density at radius 2 is 1.88 bits per heavy atom. The van der Waals surface area contributed by atoms with Gasteiger partial charge in [0, 0.05) is 17.6 Å². The van der Waals surface area contributed by atoms with E-state index in [4.69, 9.17) is 5.11 Å². The molecule has 0 unspecified atom stereocenters. The van der Waals surface area contributed by atoms with Crippen LogP contribution in [0.15, 0.2) is 48.8 Å². The van der Waals surface area contributed by atoms with E-state index >= 15 is 0 Å². The van der Waals surface area contributed by atoms with E-state index in [1.54, 1.807) is 6.20 Å². The van der Waals surface area contributed by atoms with E-state index in [0.717, 1.165) is 16.4 Å². The first-order chi connectivity index (χ1) is 8.40. The third kappa shape index (κ3) is 1.65. The smallest absolute Gasteiger partial charge is 0.213 e. The summed E-state index contributed by atoms with van der Waals surface area (Å²) in [5, 5.41) is 11.4. The molecule has 0 amide bonds. The van der Waals surface area contributed by atoms with Gasteiger partial charge in [-0.2, -0.15) is 4.57 Å². The van der Waals surface area contributed by atoms with Gasteiger partial charge in [0.25, 0.3) is 0 Å². The van der Waals surface area contributed by atoms with E-state index in [2.05, 4.69) is 23.2 Å². The third-order valence-corrected chi connectivity index (χ3v) is 2.96. The zero-order chi connectivity index (χ0) is 11.7. The maximum atomic E-state index is 9.11. The van der Waals surface area contributed by atoms with Crippen LogP contribution in [0.1, 0.15) is 0 Å². The van der Waals surface area contributed by atoms with Crippen molar-refractivity contribution in [3.63, 3.8) is 0 Å². The van der Waals surface area contributed by atoms with E-state index in [1.165, 1.54) is 5.39 Å². The van der Waals surface area contributed by atoms with E-state index in [0.29, 0.717) is 6.54 Å². The average molecular weight is 225 g/mol. The molecule has 1 N–H and O–H groups in total. The summed E-state index contributed by atoms with van der Waals surface area (Å²) in [5.41, 5.74) is 2.08. The van der Waals surface area contributed by atoms with Crippen LogP contribution in [0.5, 0.6) is 0 Å². The summed E-state index contributed by atoms with van der Waals surface area (Å²) in [7, 11) is 0. The lowest BCUT2D eigenvalue weighted by molar-refractivity contribution is -0.671. The number of fused-ring (bicyclic) bond motifs is 3. The Morgan fingerprint density at radius 3 is 2.76 bits per heavy atom. The number of aliphatic hydroxyl groups is 1. The lowest BCUT2D eigenvalue weighted by atomic mass is 10.1. The molecule has 84 valence electrons. The summed E-state index contributed by atoms with van der Waals surface area (Å²) >= 11 is 0. The fourth-order valence-electron chi connectivity index (χ4n) is 2.21. The molecule has 0 bridgehead atoms. The van der Waals surface area contributed by atoms with Crippen LogP contribution in [0, 0.1) is 0 Å². The highest BCUT2D eigenvalue weighted by Crippen LogP contribution is 2.20. The number of para-hydroxylation sites is 1. The van der Waals surface area contributed by atoms with Gasteiger partial charge in [0.15, 0.2) is 12.7 Å². The Morgan fingerprint density at radius 1 is 1.06 bits per heavy atom. The lowest BCUT2D eigenvalue weighted by Crippen LogP contribution is -2.36. The second-order valence-corrected chi connectivity index (χ2v) is 4.00. The van der Waals surface area contributed by atoms with Crippen LogP contribution >= 0.6 is 0 Å². The number of hydrogen-bond acceptors (Lipinski definition) is 2. The fourth-order valence-corrected chi connectivity index (χ4v) is 2.21. The highest BCUT2D eigenvalue weighted by atomic mass is 16.3. The predicted octanol–water partition coefficient (Wildman–Crippen LogP) is 1.67.